The molecule has 2 rings (SSSR count). The average Bonchev–Trinajstić information content (AvgIpc) is 2.05. The van der Waals surface area contributed by atoms with Crippen LogP contribution < -0.4 is 5.56 Å². The summed E-state index contributed by atoms with van der Waals surface area (Å²) in [4.78, 5) is 21.4. The van der Waals surface area contributed by atoms with Gasteiger partial charge in [0.25, 0.3) is 5.56 Å². The van der Waals surface area contributed by atoms with Crippen LogP contribution in [-0.2, 0) is 0 Å². The van der Waals surface area contributed by atoms with Gasteiger partial charge in [0, 0.05) is 6.20 Å². The van der Waals surface area contributed by atoms with E-state index in [0.29, 0.717) is 5.65 Å². The molecule has 0 bridgehead atoms. The third kappa shape index (κ3) is 1.07. The Kier molecular flexibility index (Phi) is 1.40. The van der Waals surface area contributed by atoms with Gasteiger partial charge < -0.3 is 4.98 Å². The molecule has 2 aromatic rings. The number of hydrogen-bond donors (Lipinski definition) is 1. The summed E-state index contributed by atoms with van der Waals surface area (Å²) in [5.74, 6) is 0. The van der Waals surface area contributed by atoms with Crippen LogP contribution in [0.25, 0.3) is 11.2 Å². The Morgan fingerprint density at radius 1 is 1.33 bits per heavy atom. The summed E-state index contributed by atoms with van der Waals surface area (Å²) in [6.07, 6.45) is 2.95. The van der Waals surface area contributed by atoms with E-state index in [2.05, 4.69) is 15.0 Å². The van der Waals surface area contributed by atoms with E-state index in [1.807, 2.05) is 13.0 Å². The average molecular weight is 161 g/mol. The minimum Gasteiger partial charge on any atom is -0.304 e. The molecular formula is C8H7N3O. The monoisotopic (exact) mass is 161 g/mol. The van der Waals surface area contributed by atoms with Crippen molar-refractivity contribution < 1.29 is 0 Å². The lowest BCUT2D eigenvalue weighted by Crippen LogP contribution is -2.05. The number of aryl methyl sites for hydroxylation is 1. The van der Waals surface area contributed by atoms with Crippen molar-refractivity contribution in [2.24, 2.45) is 0 Å². The summed E-state index contributed by atoms with van der Waals surface area (Å²) in [7, 11) is 0. The summed E-state index contributed by atoms with van der Waals surface area (Å²) in [5.41, 5.74) is 2.06. The summed E-state index contributed by atoms with van der Waals surface area (Å²) in [6, 6.07) is 1.87. The highest BCUT2D eigenvalue weighted by Crippen LogP contribution is 2.04. The quantitative estimate of drug-likeness (QED) is 0.616. The van der Waals surface area contributed by atoms with Gasteiger partial charge in [-0.3, -0.25) is 4.79 Å². The lowest BCUT2D eigenvalue weighted by molar-refractivity contribution is 1.16. The highest BCUT2D eigenvalue weighted by Gasteiger charge is 1.95. The predicted molar refractivity (Wildman–Crippen MR) is 44.9 cm³/mol. The normalized spacial score (nSPS) is 10.4. The lowest BCUT2D eigenvalue weighted by atomic mass is 10.3. The standard InChI is InChI=1S/C8H7N3O/c1-5-2-6-8(10-3-5)11-7(12)4-9-6/h2-4H,1H3,(H,10,11,12). The molecule has 2 aromatic heterocycles. The molecule has 12 heavy (non-hydrogen) atoms. The van der Waals surface area contributed by atoms with Gasteiger partial charge in [0.15, 0.2) is 5.65 Å². The molecule has 0 radical (unpaired) electrons. The molecule has 0 saturated carbocycles. The number of pyridine rings is 1. The molecule has 2 heterocycles. The number of rotatable bonds is 0. The Balaban J connectivity index is 2.87. The van der Waals surface area contributed by atoms with E-state index in [1.54, 1.807) is 6.20 Å². The number of aromatic amines is 1. The van der Waals surface area contributed by atoms with E-state index < -0.39 is 0 Å². The molecule has 0 saturated heterocycles. The van der Waals surface area contributed by atoms with Crippen molar-refractivity contribution in [2.75, 3.05) is 0 Å². The number of H-pyrrole nitrogens is 1. The zero-order chi connectivity index (χ0) is 8.55. The fraction of sp³-hybridized carbons (Fsp3) is 0.125. The van der Waals surface area contributed by atoms with Gasteiger partial charge >= 0.3 is 0 Å². The van der Waals surface area contributed by atoms with Gasteiger partial charge in [-0.25, -0.2) is 9.97 Å². The van der Waals surface area contributed by atoms with Crippen molar-refractivity contribution >= 4 is 11.2 Å². The van der Waals surface area contributed by atoms with Gasteiger partial charge in [-0.05, 0) is 18.6 Å². The minimum absolute atomic E-state index is 0.223. The fourth-order valence-corrected chi connectivity index (χ4v) is 1.03. The highest BCUT2D eigenvalue weighted by atomic mass is 16.1. The second kappa shape index (κ2) is 2.41. The van der Waals surface area contributed by atoms with Crippen molar-refractivity contribution in [1.82, 2.24) is 15.0 Å². The maximum absolute atomic E-state index is 10.8. The summed E-state index contributed by atoms with van der Waals surface area (Å²) < 4.78 is 0. The van der Waals surface area contributed by atoms with Crippen LogP contribution in [0.15, 0.2) is 23.3 Å². The number of nitrogens with zero attached hydrogens (tertiary/aromatic N) is 2. The second-order valence-corrected chi connectivity index (χ2v) is 2.63. The first kappa shape index (κ1) is 6.97. The van der Waals surface area contributed by atoms with Crippen molar-refractivity contribution in [1.29, 1.82) is 0 Å². The smallest absolute Gasteiger partial charge is 0.268 e. The molecule has 0 aliphatic heterocycles. The van der Waals surface area contributed by atoms with Crippen LogP contribution >= 0.6 is 0 Å². The molecule has 0 amide bonds. The Morgan fingerprint density at radius 3 is 3.00 bits per heavy atom. The first-order valence-corrected chi connectivity index (χ1v) is 3.57. The van der Waals surface area contributed by atoms with Crippen LogP contribution in [0.3, 0.4) is 0 Å². The summed E-state index contributed by atoms with van der Waals surface area (Å²) in [5, 5.41) is 0. The molecule has 60 valence electrons. The lowest BCUT2D eigenvalue weighted by Gasteiger charge is -1.95. The molecular weight excluding hydrogens is 154 g/mol. The van der Waals surface area contributed by atoms with Crippen molar-refractivity contribution in [3.8, 4) is 0 Å². The van der Waals surface area contributed by atoms with E-state index in [-0.39, 0.29) is 5.56 Å². The molecule has 0 spiro atoms. The first-order valence-electron chi connectivity index (χ1n) is 3.57. The van der Waals surface area contributed by atoms with E-state index in [4.69, 9.17) is 0 Å². The number of aromatic nitrogens is 3. The number of hydrogen-bond acceptors (Lipinski definition) is 3. The van der Waals surface area contributed by atoms with Gasteiger partial charge in [0.05, 0.1) is 6.20 Å². The topological polar surface area (TPSA) is 58.6 Å². The third-order valence-corrected chi connectivity index (χ3v) is 1.57. The van der Waals surface area contributed by atoms with Crippen LogP contribution in [0.4, 0.5) is 0 Å². The maximum Gasteiger partial charge on any atom is 0.268 e. The first-order chi connectivity index (χ1) is 5.75. The van der Waals surface area contributed by atoms with Crippen LogP contribution in [-0.4, -0.2) is 15.0 Å². The van der Waals surface area contributed by atoms with Crippen LogP contribution in [0, 0.1) is 6.92 Å². The molecule has 0 unspecified atom stereocenters. The molecule has 0 aliphatic rings. The molecule has 4 nitrogen and oxygen atoms in total. The van der Waals surface area contributed by atoms with Crippen LogP contribution in [0.5, 0.6) is 0 Å². The molecule has 4 heteroatoms. The van der Waals surface area contributed by atoms with Gasteiger partial charge in [0.2, 0.25) is 0 Å². The van der Waals surface area contributed by atoms with E-state index >= 15 is 0 Å². The molecule has 0 fully saturated rings. The van der Waals surface area contributed by atoms with Gasteiger partial charge in [0.1, 0.15) is 5.52 Å². The maximum atomic E-state index is 10.8. The summed E-state index contributed by atoms with van der Waals surface area (Å²) in [6.45, 7) is 1.93. The zero-order valence-corrected chi connectivity index (χ0v) is 6.53. The molecule has 0 aliphatic carbocycles. The van der Waals surface area contributed by atoms with Gasteiger partial charge in [-0.1, -0.05) is 0 Å². The predicted octanol–water partition coefficient (Wildman–Crippen LogP) is 0.627. The third-order valence-electron chi connectivity index (χ3n) is 1.57. The molecule has 1 N–H and O–H groups in total. The SMILES string of the molecule is Cc1cnc2[nH]c(=O)cnc2c1. The van der Waals surface area contributed by atoms with Crippen LogP contribution in [0.2, 0.25) is 0 Å². The zero-order valence-electron chi connectivity index (χ0n) is 6.53. The van der Waals surface area contributed by atoms with Crippen LogP contribution in [0.1, 0.15) is 5.56 Å². The van der Waals surface area contributed by atoms with E-state index in [0.717, 1.165) is 11.1 Å². The van der Waals surface area contributed by atoms with Gasteiger partial charge in [-0.2, -0.15) is 0 Å². The Morgan fingerprint density at radius 2 is 2.17 bits per heavy atom. The summed E-state index contributed by atoms with van der Waals surface area (Å²) >= 11 is 0. The Hall–Kier alpha value is -1.71. The molecule has 0 aromatic carbocycles. The highest BCUT2D eigenvalue weighted by molar-refractivity contribution is 5.69. The largest absolute Gasteiger partial charge is 0.304 e. The van der Waals surface area contributed by atoms with Gasteiger partial charge in [-0.15, -0.1) is 0 Å². The van der Waals surface area contributed by atoms with E-state index in [9.17, 15) is 4.79 Å². The van der Waals surface area contributed by atoms with Crippen molar-refractivity contribution in [3.05, 3.63) is 34.4 Å². The Labute approximate surface area is 68.3 Å². The second-order valence-electron chi connectivity index (χ2n) is 2.63. The van der Waals surface area contributed by atoms with E-state index in [1.165, 1.54) is 6.20 Å². The van der Waals surface area contributed by atoms with Crippen molar-refractivity contribution in [3.63, 3.8) is 0 Å². The minimum atomic E-state index is -0.223. The Bertz CT molecular complexity index is 475. The number of fused-ring (bicyclic) bond motifs is 1. The molecule has 0 atom stereocenters. The fourth-order valence-electron chi connectivity index (χ4n) is 1.03. The number of nitrogens with one attached hydrogen (secondary N) is 1. The van der Waals surface area contributed by atoms with Crippen molar-refractivity contribution in [2.45, 2.75) is 6.92 Å².